The summed E-state index contributed by atoms with van der Waals surface area (Å²) in [5.41, 5.74) is 1.04. The first kappa shape index (κ1) is 14.1. The highest BCUT2D eigenvalue weighted by molar-refractivity contribution is 5.95. The number of hydrogen-bond acceptors (Lipinski definition) is 5. The van der Waals surface area contributed by atoms with Crippen LogP contribution in [0.25, 0.3) is 11.0 Å². The van der Waals surface area contributed by atoms with Crippen LogP contribution in [0.15, 0.2) is 28.7 Å². The Kier molecular flexibility index (Phi) is 4.37. The Morgan fingerprint density at radius 3 is 2.80 bits per heavy atom. The number of furan rings is 1. The van der Waals surface area contributed by atoms with Gasteiger partial charge in [0.05, 0.1) is 13.2 Å². The first-order chi connectivity index (χ1) is 9.63. The van der Waals surface area contributed by atoms with Gasteiger partial charge in [-0.1, -0.05) is 18.2 Å². The van der Waals surface area contributed by atoms with Crippen molar-refractivity contribution in [3.8, 4) is 0 Å². The third-order valence-electron chi connectivity index (χ3n) is 2.77. The van der Waals surface area contributed by atoms with Gasteiger partial charge in [0.1, 0.15) is 5.58 Å². The molecule has 1 aromatic carbocycles. The van der Waals surface area contributed by atoms with Crippen molar-refractivity contribution in [1.29, 1.82) is 0 Å². The van der Waals surface area contributed by atoms with Crippen LogP contribution in [0.2, 0.25) is 0 Å². The molecule has 0 unspecified atom stereocenters. The predicted molar refractivity (Wildman–Crippen MR) is 71.5 cm³/mol. The van der Waals surface area contributed by atoms with Gasteiger partial charge in [0.2, 0.25) is 5.76 Å². The number of nitrogens with one attached hydrogen (secondary N) is 1. The molecule has 0 radical (unpaired) electrons. The van der Waals surface area contributed by atoms with Crippen LogP contribution in [-0.2, 0) is 16.1 Å². The largest absolute Gasteiger partial charge is 0.475 e. The topological polar surface area (TPSA) is 88.8 Å². The standard InChI is InChI=1S/C14H15NO5/c1-2-19-12(16)8-15-7-10-9-5-3-4-6-11(9)20-13(10)14(17)18/h3-6,15H,2,7-8H2,1H3,(H,17,18). The first-order valence-corrected chi connectivity index (χ1v) is 6.23. The van der Waals surface area contributed by atoms with Gasteiger partial charge in [-0.15, -0.1) is 0 Å². The number of aromatic carboxylic acids is 1. The number of carboxylic acids is 1. The Bertz CT molecular complexity index is 632. The van der Waals surface area contributed by atoms with E-state index >= 15 is 0 Å². The molecule has 0 bridgehead atoms. The van der Waals surface area contributed by atoms with Crippen LogP contribution in [0.3, 0.4) is 0 Å². The number of rotatable bonds is 6. The molecular formula is C14H15NO5. The van der Waals surface area contributed by atoms with Gasteiger partial charge >= 0.3 is 11.9 Å². The van der Waals surface area contributed by atoms with E-state index in [1.165, 1.54) is 0 Å². The highest BCUT2D eigenvalue weighted by Crippen LogP contribution is 2.25. The third-order valence-corrected chi connectivity index (χ3v) is 2.77. The van der Waals surface area contributed by atoms with E-state index in [1.807, 2.05) is 0 Å². The van der Waals surface area contributed by atoms with Crippen LogP contribution >= 0.6 is 0 Å². The molecule has 0 aliphatic heterocycles. The maximum absolute atomic E-state index is 11.2. The highest BCUT2D eigenvalue weighted by Gasteiger charge is 2.19. The predicted octanol–water partition coefficient (Wildman–Crippen LogP) is 1.78. The van der Waals surface area contributed by atoms with Gasteiger partial charge < -0.3 is 19.6 Å². The average molecular weight is 277 g/mol. The summed E-state index contributed by atoms with van der Waals surface area (Å²) >= 11 is 0. The lowest BCUT2D eigenvalue weighted by molar-refractivity contribution is -0.142. The van der Waals surface area contributed by atoms with Crippen LogP contribution in [0.1, 0.15) is 23.0 Å². The molecule has 0 spiro atoms. The molecule has 0 saturated heterocycles. The van der Waals surface area contributed by atoms with Crippen LogP contribution in [-0.4, -0.2) is 30.2 Å². The fourth-order valence-corrected chi connectivity index (χ4v) is 1.95. The van der Waals surface area contributed by atoms with Gasteiger partial charge in [0, 0.05) is 17.5 Å². The molecule has 106 valence electrons. The van der Waals surface area contributed by atoms with Crippen molar-refractivity contribution in [2.75, 3.05) is 13.2 Å². The number of carbonyl (C=O) groups is 2. The summed E-state index contributed by atoms with van der Waals surface area (Å²) in [7, 11) is 0. The molecular weight excluding hydrogens is 262 g/mol. The van der Waals surface area contributed by atoms with Crippen LogP contribution in [0.4, 0.5) is 0 Å². The number of hydrogen-bond donors (Lipinski definition) is 2. The highest BCUT2D eigenvalue weighted by atomic mass is 16.5. The molecule has 6 nitrogen and oxygen atoms in total. The second-order valence-electron chi connectivity index (χ2n) is 4.12. The molecule has 1 heterocycles. The Morgan fingerprint density at radius 1 is 1.35 bits per heavy atom. The molecule has 2 N–H and O–H groups in total. The van der Waals surface area contributed by atoms with E-state index in [-0.39, 0.29) is 24.8 Å². The molecule has 0 aliphatic rings. The van der Waals surface area contributed by atoms with Crippen molar-refractivity contribution >= 4 is 22.9 Å². The van der Waals surface area contributed by atoms with Crippen LogP contribution in [0.5, 0.6) is 0 Å². The molecule has 0 aliphatic carbocycles. The molecule has 0 amide bonds. The molecule has 1 aromatic heterocycles. The number of esters is 1. The lowest BCUT2D eigenvalue weighted by Crippen LogP contribution is -2.24. The molecule has 2 aromatic rings. The maximum atomic E-state index is 11.2. The van der Waals surface area contributed by atoms with E-state index in [2.05, 4.69) is 5.32 Å². The first-order valence-electron chi connectivity index (χ1n) is 6.23. The van der Waals surface area contributed by atoms with E-state index in [9.17, 15) is 9.59 Å². The lowest BCUT2D eigenvalue weighted by Gasteiger charge is -2.04. The van der Waals surface area contributed by atoms with Crippen molar-refractivity contribution < 1.29 is 23.8 Å². The van der Waals surface area contributed by atoms with Crippen molar-refractivity contribution in [1.82, 2.24) is 5.32 Å². The minimum atomic E-state index is -1.13. The fourth-order valence-electron chi connectivity index (χ4n) is 1.95. The minimum absolute atomic E-state index is 0.0202. The van der Waals surface area contributed by atoms with Gasteiger partial charge in [-0.25, -0.2) is 4.79 Å². The molecule has 20 heavy (non-hydrogen) atoms. The minimum Gasteiger partial charge on any atom is -0.475 e. The SMILES string of the molecule is CCOC(=O)CNCc1c(C(=O)O)oc2ccccc12. The molecule has 6 heteroatoms. The van der Waals surface area contributed by atoms with E-state index in [0.29, 0.717) is 17.8 Å². The Balaban J connectivity index is 2.17. The summed E-state index contributed by atoms with van der Waals surface area (Å²) in [6.07, 6.45) is 0. The lowest BCUT2D eigenvalue weighted by atomic mass is 10.1. The molecule has 2 rings (SSSR count). The molecule has 0 saturated carbocycles. The Labute approximate surface area is 115 Å². The van der Waals surface area contributed by atoms with E-state index in [4.69, 9.17) is 14.3 Å². The van der Waals surface area contributed by atoms with E-state index < -0.39 is 5.97 Å². The summed E-state index contributed by atoms with van der Waals surface area (Å²) in [6.45, 7) is 2.28. The maximum Gasteiger partial charge on any atom is 0.372 e. The number of carboxylic acid groups (broad SMARTS) is 1. The van der Waals surface area contributed by atoms with Crippen molar-refractivity contribution in [3.63, 3.8) is 0 Å². The van der Waals surface area contributed by atoms with Gasteiger partial charge in [-0.05, 0) is 13.0 Å². The number of carbonyl (C=O) groups excluding carboxylic acids is 1. The summed E-state index contributed by atoms with van der Waals surface area (Å²) in [5, 5.41) is 12.7. The monoisotopic (exact) mass is 277 g/mol. The zero-order valence-electron chi connectivity index (χ0n) is 11.0. The van der Waals surface area contributed by atoms with Crippen LogP contribution in [0, 0.1) is 0 Å². The van der Waals surface area contributed by atoms with E-state index in [0.717, 1.165) is 5.39 Å². The fraction of sp³-hybridized carbons (Fsp3) is 0.286. The summed E-state index contributed by atoms with van der Waals surface area (Å²) in [6, 6.07) is 7.06. The van der Waals surface area contributed by atoms with Crippen molar-refractivity contribution in [2.24, 2.45) is 0 Å². The summed E-state index contributed by atoms with van der Waals surface area (Å²) in [4.78, 5) is 22.4. The Morgan fingerprint density at radius 2 is 2.10 bits per heavy atom. The number of ether oxygens (including phenoxy) is 1. The quantitative estimate of drug-likeness (QED) is 0.782. The van der Waals surface area contributed by atoms with Crippen molar-refractivity contribution in [2.45, 2.75) is 13.5 Å². The molecule has 0 atom stereocenters. The third kappa shape index (κ3) is 2.97. The zero-order valence-corrected chi connectivity index (χ0v) is 11.0. The average Bonchev–Trinajstić information content (AvgIpc) is 2.78. The normalized spacial score (nSPS) is 10.7. The summed E-state index contributed by atoms with van der Waals surface area (Å²) < 4.78 is 10.1. The van der Waals surface area contributed by atoms with Gasteiger partial charge in [0.15, 0.2) is 0 Å². The smallest absolute Gasteiger partial charge is 0.372 e. The van der Waals surface area contributed by atoms with E-state index in [1.54, 1.807) is 31.2 Å². The molecule has 0 fully saturated rings. The number of fused-ring (bicyclic) bond motifs is 1. The zero-order chi connectivity index (χ0) is 14.5. The second kappa shape index (κ2) is 6.21. The second-order valence-corrected chi connectivity index (χ2v) is 4.12. The number of para-hydroxylation sites is 1. The van der Waals surface area contributed by atoms with Gasteiger partial charge in [-0.3, -0.25) is 4.79 Å². The number of benzene rings is 1. The van der Waals surface area contributed by atoms with Gasteiger partial charge in [-0.2, -0.15) is 0 Å². The van der Waals surface area contributed by atoms with Crippen molar-refractivity contribution in [3.05, 3.63) is 35.6 Å². The summed E-state index contributed by atoms with van der Waals surface area (Å²) in [5.74, 6) is -1.62. The van der Waals surface area contributed by atoms with Gasteiger partial charge in [0.25, 0.3) is 0 Å². The Hall–Kier alpha value is -2.34. The van der Waals surface area contributed by atoms with Crippen LogP contribution < -0.4 is 5.32 Å².